The molecule has 1 unspecified atom stereocenters. The first kappa shape index (κ1) is 17.2. The van der Waals surface area contributed by atoms with Crippen LogP contribution in [0.1, 0.15) is 12.0 Å². The number of hydrogen-bond donors (Lipinski definition) is 2. The molecule has 1 aromatic carbocycles. The highest BCUT2D eigenvalue weighted by molar-refractivity contribution is 6.12. The molecule has 0 aliphatic heterocycles. The normalized spacial score (nSPS) is 12.1. The van der Waals surface area contributed by atoms with Crippen molar-refractivity contribution in [3.63, 3.8) is 0 Å². The summed E-state index contributed by atoms with van der Waals surface area (Å²) < 4.78 is 37.1. The lowest BCUT2D eigenvalue weighted by atomic mass is 10.0. The number of benzene rings is 1. The van der Waals surface area contributed by atoms with Crippen molar-refractivity contribution >= 4 is 23.3 Å². The van der Waals surface area contributed by atoms with Crippen LogP contribution in [-0.4, -0.2) is 22.8 Å². The van der Waals surface area contributed by atoms with Gasteiger partial charge in [-0.05, 0) is 24.3 Å². The SMILES string of the molecule is N#CC(C(=O)CC(=O)O)C(=O)Nc1ccc(C(F)(F)F)cc1. The first-order valence-electron chi connectivity index (χ1n) is 5.77. The number of anilines is 1. The lowest BCUT2D eigenvalue weighted by Gasteiger charge is -2.10. The summed E-state index contributed by atoms with van der Waals surface area (Å²) in [6.45, 7) is 0. The molecule has 0 saturated carbocycles. The molecule has 0 aromatic heterocycles. The van der Waals surface area contributed by atoms with E-state index < -0.39 is 41.7 Å². The van der Waals surface area contributed by atoms with Gasteiger partial charge in [-0.1, -0.05) is 0 Å². The van der Waals surface area contributed by atoms with E-state index in [2.05, 4.69) is 5.32 Å². The average Bonchev–Trinajstić information content (AvgIpc) is 2.38. The zero-order valence-electron chi connectivity index (χ0n) is 10.8. The summed E-state index contributed by atoms with van der Waals surface area (Å²) in [5, 5.41) is 19.3. The predicted octanol–water partition coefficient (Wildman–Crippen LogP) is 1.83. The van der Waals surface area contributed by atoms with Gasteiger partial charge in [-0.3, -0.25) is 14.4 Å². The largest absolute Gasteiger partial charge is 0.481 e. The summed E-state index contributed by atoms with van der Waals surface area (Å²) in [5.74, 6) is -5.56. The number of carbonyl (C=O) groups is 3. The van der Waals surface area contributed by atoms with Crippen molar-refractivity contribution in [2.24, 2.45) is 5.92 Å². The molecule has 9 heteroatoms. The van der Waals surface area contributed by atoms with Gasteiger partial charge in [0.1, 0.15) is 6.42 Å². The molecule has 0 spiro atoms. The number of nitrogens with zero attached hydrogens (tertiary/aromatic N) is 1. The molecule has 0 saturated heterocycles. The van der Waals surface area contributed by atoms with Crippen LogP contribution in [0.25, 0.3) is 0 Å². The molecule has 0 fully saturated rings. The van der Waals surface area contributed by atoms with E-state index in [-0.39, 0.29) is 5.69 Å². The summed E-state index contributed by atoms with van der Waals surface area (Å²) in [7, 11) is 0. The Bertz CT molecular complexity index is 632. The molecule has 0 bridgehead atoms. The fraction of sp³-hybridized carbons (Fsp3) is 0.231. The number of carboxylic acid groups (broad SMARTS) is 1. The Morgan fingerprint density at radius 3 is 2.18 bits per heavy atom. The van der Waals surface area contributed by atoms with E-state index in [4.69, 9.17) is 10.4 Å². The molecule has 0 heterocycles. The van der Waals surface area contributed by atoms with Crippen molar-refractivity contribution in [2.45, 2.75) is 12.6 Å². The van der Waals surface area contributed by atoms with Crippen molar-refractivity contribution in [3.05, 3.63) is 29.8 Å². The minimum Gasteiger partial charge on any atom is -0.481 e. The lowest BCUT2D eigenvalue weighted by molar-refractivity contribution is -0.141. The fourth-order valence-corrected chi connectivity index (χ4v) is 1.48. The molecule has 22 heavy (non-hydrogen) atoms. The summed E-state index contributed by atoms with van der Waals surface area (Å²) in [6.07, 6.45) is -5.53. The number of nitrogens with one attached hydrogen (secondary N) is 1. The van der Waals surface area contributed by atoms with E-state index in [9.17, 15) is 27.6 Å². The van der Waals surface area contributed by atoms with E-state index in [0.717, 1.165) is 24.3 Å². The smallest absolute Gasteiger partial charge is 0.416 e. The van der Waals surface area contributed by atoms with Crippen molar-refractivity contribution in [2.75, 3.05) is 5.32 Å². The summed E-state index contributed by atoms with van der Waals surface area (Å²) >= 11 is 0. The molecule has 0 aliphatic carbocycles. The highest BCUT2D eigenvalue weighted by Crippen LogP contribution is 2.29. The fourth-order valence-electron chi connectivity index (χ4n) is 1.48. The Kier molecular flexibility index (Phi) is 5.23. The van der Waals surface area contributed by atoms with Crippen LogP contribution in [0.5, 0.6) is 0 Å². The van der Waals surface area contributed by atoms with Crippen LogP contribution >= 0.6 is 0 Å². The second-order valence-corrected chi connectivity index (χ2v) is 4.16. The van der Waals surface area contributed by atoms with E-state index in [1.807, 2.05) is 0 Å². The van der Waals surface area contributed by atoms with E-state index in [1.54, 1.807) is 0 Å². The highest BCUT2D eigenvalue weighted by Gasteiger charge is 2.31. The molecule has 1 atom stereocenters. The topological polar surface area (TPSA) is 107 Å². The maximum absolute atomic E-state index is 12.4. The minimum absolute atomic E-state index is 0.0543. The summed E-state index contributed by atoms with van der Waals surface area (Å²) in [4.78, 5) is 33.4. The molecular formula is C13H9F3N2O4. The third-order valence-electron chi connectivity index (χ3n) is 2.52. The van der Waals surface area contributed by atoms with Gasteiger partial charge in [0.15, 0.2) is 11.7 Å². The Labute approximate surface area is 122 Å². The zero-order chi connectivity index (χ0) is 16.9. The number of carboxylic acids is 1. The third-order valence-corrected chi connectivity index (χ3v) is 2.52. The molecular weight excluding hydrogens is 305 g/mol. The van der Waals surface area contributed by atoms with Crippen LogP contribution in [0, 0.1) is 17.2 Å². The van der Waals surface area contributed by atoms with E-state index >= 15 is 0 Å². The van der Waals surface area contributed by atoms with Gasteiger partial charge in [-0.25, -0.2) is 0 Å². The van der Waals surface area contributed by atoms with E-state index in [0.29, 0.717) is 0 Å². The zero-order valence-corrected chi connectivity index (χ0v) is 10.8. The van der Waals surface area contributed by atoms with Gasteiger partial charge >= 0.3 is 12.1 Å². The Morgan fingerprint density at radius 1 is 1.23 bits per heavy atom. The predicted molar refractivity (Wildman–Crippen MR) is 66.4 cm³/mol. The second kappa shape index (κ2) is 6.71. The number of nitriles is 1. The first-order chi connectivity index (χ1) is 10.1. The Balaban J connectivity index is 2.81. The van der Waals surface area contributed by atoms with Gasteiger partial charge < -0.3 is 10.4 Å². The number of halogens is 3. The number of ketones is 1. The number of Topliss-reactive ketones (excluding diaryl/α,β-unsaturated/α-hetero) is 1. The summed E-state index contributed by atoms with van der Waals surface area (Å²) in [6, 6.07) is 4.70. The van der Waals surface area contributed by atoms with Gasteiger partial charge in [-0.2, -0.15) is 18.4 Å². The maximum Gasteiger partial charge on any atom is 0.416 e. The molecule has 6 nitrogen and oxygen atoms in total. The molecule has 0 aliphatic rings. The number of rotatable bonds is 5. The van der Waals surface area contributed by atoms with Crippen LogP contribution in [0.2, 0.25) is 0 Å². The number of hydrogen-bond acceptors (Lipinski definition) is 4. The molecule has 1 aromatic rings. The third kappa shape index (κ3) is 4.59. The first-order valence-corrected chi connectivity index (χ1v) is 5.77. The Morgan fingerprint density at radius 2 is 1.77 bits per heavy atom. The van der Waals surface area contributed by atoms with Crippen LogP contribution < -0.4 is 5.32 Å². The quantitative estimate of drug-likeness (QED) is 0.806. The van der Waals surface area contributed by atoms with Gasteiger partial charge in [0.05, 0.1) is 11.6 Å². The van der Waals surface area contributed by atoms with Crippen molar-refractivity contribution in [1.29, 1.82) is 5.26 Å². The number of alkyl halides is 3. The lowest BCUT2D eigenvalue weighted by Crippen LogP contribution is -2.29. The Hall–Kier alpha value is -2.89. The second-order valence-electron chi connectivity index (χ2n) is 4.16. The molecule has 2 N–H and O–H groups in total. The van der Waals surface area contributed by atoms with Gasteiger partial charge in [0.2, 0.25) is 5.91 Å². The monoisotopic (exact) mass is 314 g/mol. The average molecular weight is 314 g/mol. The van der Waals surface area contributed by atoms with Crippen molar-refractivity contribution < 1.29 is 32.7 Å². The van der Waals surface area contributed by atoms with Gasteiger partial charge in [0.25, 0.3) is 0 Å². The maximum atomic E-state index is 12.4. The molecule has 0 radical (unpaired) electrons. The number of amides is 1. The van der Waals surface area contributed by atoms with Crippen LogP contribution in [-0.2, 0) is 20.6 Å². The van der Waals surface area contributed by atoms with Crippen LogP contribution in [0.4, 0.5) is 18.9 Å². The highest BCUT2D eigenvalue weighted by atomic mass is 19.4. The van der Waals surface area contributed by atoms with Gasteiger partial charge in [-0.15, -0.1) is 0 Å². The van der Waals surface area contributed by atoms with Crippen LogP contribution in [0.3, 0.4) is 0 Å². The van der Waals surface area contributed by atoms with Gasteiger partial charge in [0, 0.05) is 5.69 Å². The number of carbonyl (C=O) groups excluding carboxylic acids is 2. The summed E-state index contributed by atoms with van der Waals surface area (Å²) in [5.41, 5.74) is -0.981. The minimum atomic E-state index is -4.53. The van der Waals surface area contributed by atoms with Crippen LogP contribution in [0.15, 0.2) is 24.3 Å². The molecule has 116 valence electrons. The number of aliphatic carboxylic acids is 1. The standard InChI is InChI=1S/C13H9F3N2O4/c14-13(15,16)7-1-3-8(4-2-7)18-12(22)9(6-17)10(19)5-11(20)21/h1-4,9H,5H2,(H,18,22)(H,20,21). The van der Waals surface area contributed by atoms with E-state index in [1.165, 1.54) is 6.07 Å². The van der Waals surface area contributed by atoms with Crippen molar-refractivity contribution in [1.82, 2.24) is 0 Å². The molecule has 1 rings (SSSR count). The molecule has 1 amide bonds. The van der Waals surface area contributed by atoms with Crippen molar-refractivity contribution in [3.8, 4) is 6.07 Å².